The number of halogens is 2. The maximum absolute atomic E-state index is 6.15. The molecule has 0 aliphatic heterocycles. The molecule has 2 N–H and O–H groups in total. The molecular weight excluding hydrogens is 257 g/mol. The highest BCUT2D eigenvalue weighted by atomic mass is 35.5. The summed E-state index contributed by atoms with van der Waals surface area (Å²) >= 11 is 12.3. The van der Waals surface area contributed by atoms with E-state index in [4.69, 9.17) is 28.9 Å². The van der Waals surface area contributed by atoms with Crippen molar-refractivity contribution in [2.75, 3.05) is 44.9 Å². The van der Waals surface area contributed by atoms with Gasteiger partial charge >= 0.3 is 0 Å². The van der Waals surface area contributed by atoms with Gasteiger partial charge in [0.1, 0.15) is 0 Å². The molecule has 17 heavy (non-hydrogen) atoms. The second kappa shape index (κ2) is 6.34. The van der Waals surface area contributed by atoms with Gasteiger partial charge in [-0.3, -0.25) is 0 Å². The Morgan fingerprint density at radius 2 is 1.59 bits per heavy atom. The zero-order valence-corrected chi connectivity index (χ0v) is 12.0. The third-order valence-electron chi connectivity index (χ3n) is 2.52. The lowest BCUT2D eigenvalue weighted by molar-refractivity contribution is 0.401. The monoisotopic (exact) mass is 275 g/mol. The molecule has 0 aliphatic rings. The van der Waals surface area contributed by atoms with Gasteiger partial charge in [-0.15, -0.1) is 0 Å². The predicted molar refractivity (Wildman–Crippen MR) is 77.3 cm³/mol. The lowest BCUT2D eigenvalue weighted by Crippen LogP contribution is -2.23. The predicted octanol–water partition coefficient (Wildman–Crippen LogP) is 2.96. The van der Waals surface area contributed by atoms with Crippen molar-refractivity contribution in [3.8, 4) is 0 Å². The molecule has 0 heterocycles. The van der Waals surface area contributed by atoms with Crippen molar-refractivity contribution < 1.29 is 0 Å². The van der Waals surface area contributed by atoms with E-state index in [0.29, 0.717) is 15.7 Å². The fraction of sp³-hybridized carbons (Fsp3) is 0.500. The molecule has 0 aliphatic carbocycles. The minimum absolute atomic E-state index is 0.588. The van der Waals surface area contributed by atoms with Crippen molar-refractivity contribution in [2.45, 2.75) is 6.42 Å². The quantitative estimate of drug-likeness (QED) is 0.839. The van der Waals surface area contributed by atoms with Gasteiger partial charge in [-0.1, -0.05) is 23.2 Å². The Morgan fingerprint density at radius 1 is 1.06 bits per heavy atom. The van der Waals surface area contributed by atoms with E-state index in [1.165, 1.54) is 0 Å². The minimum Gasteiger partial charge on any atom is -0.399 e. The number of nitrogens with two attached hydrogens (primary N) is 1. The molecule has 0 atom stereocenters. The number of hydrogen-bond donors (Lipinski definition) is 1. The van der Waals surface area contributed by atoms with Crippen LogP contribution in [0, 0.1) is 0 Å². The van der Waals surface area contributed by atoms with Crippen LogP contribution >= 0.6 is 23.2 Å². The molecule has 0 fully saturated rings. The van der Waals surface area contributed by atoms with E-state index in [2.05, 4.69) is 23.9 Å². The van der Waals surface area contributed by atoms with E-state index in [1.54, 1.807) is 12.1 Å². The van der Waals surface area contributed by atoms with Gasteiger partial charge in [0.2, 0.25) is 0 Å². The smallest absolute Gasteiger partial charge is 0.0743 e. The molecule has 0 amide bonds. The highest BCUT2D eigenvalue weighted by molar-refractivity contribution is 6.39. The van der Waals surface area contributed by atoms with Crippen molar-refractivity contribution >= 4 is 34.6 Å². The Kier molecular flexibility index (Phi) is 5.37. The van der Waals surface area contributed by atoms with Gasteiger partial charge in [0.15, 0.2) is 0 Å². The highest BCUT2D eigenvalue weighted by Gasteiger charge is 2.11. The van der Waals surface area contributed by atoms with Crippen LogP contribution in [0.25, 0.3) is 0 Å². The molecule has 5 heteroatoms. The van der Waals surface area contributed by atoms with Crippen LogP contribution in [0.3, 0.4) is 0 Å². The maximum Gasteiger partial charge on any atom is 0.0743 e. The Hall–Kier alpha value is -0.640. The van der Waals surface area contributed by atoms with Crippen molar-refractivity contribution in [1.29, 1.82) is 0 Å². The molecule has 3 nitrogen and oxygen atoms in total. The van der Waals surface area contributed by atoms with E-state index in [-0.39, 0.29) is 0 Å². The fourth-order valence-corrected chi connectivity index (χ4v) is 2.48. The van der Waals surface area contributed by atoms with Crippen molar-refractivity contribution in [3.63, 3.8) is 0 Å². The number of nitrogen functional groups attached to an aromatic ring is 1. The first-order valence-electron chi connectivity index (χ1n) is 5.52. The Bertz CT molecular complexity index is 357. The minimum atomic E-state index is 0.588. The van der Waals surface area contributed by atoms with Gasteiger partial charge in [0, 0.05) is 19.3 Å². The number of benzene rings is 1. The van der Waals surface area contributed by atoms with Crippen LogP contribution in [-0.2, 0) is 0 Å². The molecule has 0 unspecified atom stereocenters. The SMILES string of the molecule is CN(C)CCCN(C)c1c(Cl)cc(N)cc1Cl. The van der Waals surface area contributed by atoms with Crippen LogP contribution < -0.4 is 10.6 Å². The normalized spacial score (nSPS) is 10.9. The third kappa shape index (κ3) is 4.26. The maximum atomic E-state index is 6.15. The lowest BCUT2D eigenvalue weighted by Gasteiger charge is -2.23. The zero-order chi connectivity index (χ0) is 13.0. The largest absolute Gasteiger partial charge is 0.399 e. The Morgan fingerprint density at radius 3 is 2.06 bits per heavy atom. The first-order valence-corrected chi connectivity index (χ1v) is 6.27. The number of anilines is 2. The van der Waals surface area contributed by atoms with Crippen LogP contribution in [0.1, 0.15) is 6.42 Å². The van der Waals surface area contributed by atoms with Gasteiger partial charge in [-0.05, 0) is 39.2 Å². The molecule has 0 bridgehead atoms. The third-order valence-corrected chi connectivity index (χ3v) is 3.10. The van der Waals surface area contributed by atoms with Gasteiger partial charge in [-0.2, -0.15) is 0 Å². The summed E-state index contributed by atoms with van der Waals surface area (Å²) in [4.78, 5) is 4.22. The van der Waals surface area contributed by atoms with E-state index in [1.807, 2.05) is 7.05 Å². The van der Waals surface area contributed by atoms with Crippen LogP contribution in [0.5, 0.6) is 0 Å². The van der Waals surface area contributed by atoms with Gasteiger partial charge in [-0.25, -0.2) is 0 Å². The molecule has 0 saturated carbocycles. The van der Waals surface area contributed by atoms with Crippen LogP contribution in [-0.4, -0.2) is 39.1 Å². The van der Waals surface area contributed by atoms with Crippen molar-refractivity contribution in [3.05, 3.63) is 22.2 Å². The summed E-state index contributed by atoms with van der Waals surface area (Å²) in [6, 6.07) is 3.45. The molecule has 0 radical (unpaired) electrons. The molecule has 0 spiro atoms. The molecular formula is C12H19Cl2N3. The fourth-order valence-electron chi connectivity index (χ4n) is 1.69. The Balaban J connectivity index is 2.72. The van der Waals surface area contributed by atoms with Crippen molar-refractivity contribution in [2.24, 2.45) is 0 Å². The molecule has 1 aromatic rings. The standard InChI is InChI=1S/C12H19Cl2N3/c1-16(2)5-4-6-17(3)12-10(13)7-9(15)8-11(12)14/h7-8H,4-6,15H2,1-3H3. The van der Waals surface area contributed by atoms with Gasteiger partial charge in [0.05, 0.1) is 15.7 Å². The van der Waals surface area contributed by atoms with E-state index in [0.717, 1.165) is 25.2 Å². The first kappa shape index (κ1) is 14.4. The van der Waals surface area contributed by atoms with E-state index >= 15 is 0 Å². The van der Waals surface area contributed by atoms with Gasteiger partial charge in [0.25, 0.3) is 0 Å². The van der Waals surface area contributed by atoms with E-state index < -0.39 is 0 Å². The molecule has 1 rings (SSSR count). The lowest BCUT2D eigenvalue weighted by atomic mass is 10.2. The molecule has 1 aromatic carbocycles. The van der Waals surface area contributed by atoms with E-state index in [9.17, 15) is 0 Å². The molecule has 0 saturated heterocycles. The summed E-state index contributed by atoms with van der Waals surface area (Å²) in [5, 5.41) is 1.20. The van der Waals surface area contributed by atoms with Gasteiger partial charge < -0.3 is 15.5 Å². The average molecular weight is 276 g/mol. The van der Waals surface area contributed by atoms with Crippen LogP contribution in [0.2, 0.25) is 10.0 Å². The summed E-state index contributed by atoms with van der Waals surface area (Å²) in [5.74, 6) is 0. The highest BCUT2D eigenvalue weighted by Crippen LogP contribution is 2.35. The van der Waals surface area contributed by atoms with Crippen LogP contribution in [0.15, 0.2) is 12.1 Å². The summed E-state index contributed by atoms with van der Waals surface area (Å²) in [6.07, 6.45) is 1.06. The number of rotatable bonds is 5. The first-order chi connectivity index (χ1) is 7.91. The van der Waals surface area contributed by atoms with Crippen LogP contribution in [0.4, 0.5) is 11.4 Å². The summed E-state index contributed by atoms with van der Waals surface area (Å²) < 4.78 is 0. The topological polar surface area (TPSA) is 32.5 Å². The molecule has 0 aromatic heterocycles. The Labute approximate surface area is 113 Å². The summed E-state index contributed by atoms with van der Waals surface area (Å²) in [6.45, 7) is 1.94. The average Bonchev–Trinajstić information content (AvgIpc) is 2.14. The second-order valence-corrected chi connectivity index (χ2v) is 5.23. The second-order valence-electron chi connectivity index (χ2n) is 4.41. The summed E-state index contributed by atoms with van der Waals surface area (Å²) in [7, 11) is 6.10. The number of nitrogens with zero attached hydrogens (tertiary/aromatic N) is 2. The van der Waals surface area contributed by atoms with Crippen molar-refractivity contribution in [1.82, 2.24) is 4.90 Å². The zero-order valence-electron chi connectivity index (χ0n) is 10.5. The molecule has 96 valence electrons. The number of hydrogen-bond acceptors (Lipinski definition) is 3. The summed E-state index contributed by atoms with van der Waals surface area (Å²) in [5.41, 5.74) is 7.11.